The van der Waals surface area contributed by atoms with Crippen molar-refractivity contribution in [1.82, 2.24) is 4.98 Å². The summed E-state index contributed by atoms with van der Waals surface area (Å²) >= 11 is 3.23. The number of carbonyl (C=O) groups excluding carboxylic acids is 1. The number of nitrogens with two attached hydrogens (primary N) is 1. The zero-order valence-corrected chi connectivity index (χ0v) is 9.84. The first kappa shape index (κ1) is 13.4. The van der Waals surface area contributed by atoms with Crippen molar-refractivity contribution in [2.45, 2.75) is 6.04 Å². The first-order chi connectivity index (χ1) is 6.15. The molecular formula is C8H10BrClN2O2. The van der Waals surface area contributed by atoms with Crippen molar-refractivity contribution in [1.29, 1.82) is 0 Å². The van der Waals surface area contributed by atoms with E-state index < -0.39 is 12.0 Å². The van der Waals surface area contributed by atoms with Gasteiger partial charge in [-0.25, -0.2) is 0 Å². The molecule has 1 heterocycles. The monoisotopic (exact) mass is 280 g/mol. The van der Waals surface area contributed by atoms with Crippen molar-refractivity contribution in [2.24, 2.45) is 5.73 Å². The number of rotatable bonds is 2. The molecular weight excluding hydrogens is 271 g/mol. The van der Waals surface area contributed by atoms with Crippen molar-refractivity contribution in [3.8, 4) is 0 Å². The van der Waals surface area contributed by atoms with Gasteiger partial charge in [0.15, 0.2) is 0 Å². The van der Waals surface area contributed by atoms with E-state index in [0.717, 1.165) is 4.47 Å². The number of ether oxygens (including phenoxy) is 1. The molecule has 1 atom stereocenters. The van der Waals surface area contributed by atoms with Gasteiger partial charge in [0.2, 0.25) is 0 Å². The summed E-state index contributed by atoms with van der Waals surface area (Å²) in [5.41, 5.74) is 6.21. The van der Waals surface area contributed by atoms with Crippen molar-refractivity contribution in [3.05, 3.63) is 28.5 Å². The third-order valence-electron chi connectivity index (χ3n) is 1.54. The summed E-state index contributed by atoms with van der Waals surface area (Å²) < 4.78 is 5.28. The highest BCUT2D eigenvalue weighted by Gasteiger charge is 2.16. The summed E-state index contributed by atoms with van der Waals surface area (Å²) in [6.45, 7) is 0. The van der Waals surface area contributed by atoms with Gasteiger partial charge in [0, 0.05) is 16.9 Å². The van der Waals surface area contributed by atoms with Crippen molar-refractivity contribution < 1.29 is 9.53 Å². The molecule has 0 spiro atoms. The zero-order valence-electron chi connectivity index (χ0n) is 7.44. The smallest absolute Gasteiger partial charge is 0.327 e. The molecule has 2 N–H and O–H groups in total. The first-order valence-corrected chi connectivity index (χ1v) is 4.38. The molecule has 0 radical (unpaired) electrons. The Kier molecular flexibility index (Phi) is 5.68. The van der Waals surface area contributed by atoms with Gasteiger partial charge >= 0.3 is 5.97 Å². The molecule has 0 fully saturated rings. The summed E-state index contributed by atoms with van der Waals surface area (Å²) in [4.78, 5) is 14.9. The summed E-state index contributed by atoms with van der Waals surface area (Å²) in [6.07, 6.45) is 3.15. The van der Waals surface area contributed by atoms with Gasteiger partial charge in [-0.1, -0.05) is 0 Å². The van der Waals surface area contributed by atoms with Gasteiger partial charge < -0.3 is 10.5 Å². The molecule has 0 aromatic carbocycles. The molecule has 0 amide bonds. The van der Waals surface area contributed by atoms with Gasteiger partial charge in [-0.05, 0) is 27.6 Å². The molecule has 0 aliphatic heterocycles. The number of carbonyl (C=O) groups is 1. The molecule has 6 heteroatoms. The Bertz CT molecular complexity index is 322. The van der Waals surface area contributed by atoms with Gasteiger partial charge in [0.25, 0.3) is 0 Å². The zero-order chi connectivity index (χ0) is 9.84. The van der Waals surface area contributed by atoms with E-state index in [0.29, 0.717) is 5.56 Å². The average Bonchev–Trinajstić information content (AvgIpc) is 2.15. The Hall–Kier alpha value is -0.650. The lowest BCUT2D eigenvalue weighted by Gasteiger charge is -2.08. The molecule has 1 unspecified atom stereocenters. The second-order valence-corrected chi connectivity index (χ2v) is 3.35. The predicted molar refractivity (Wildman–Crippen MR) is 58.1 cm³/mol. The van der Waals surface area contributed by atoms with Crippen LogP contribution in [0.25, 0.3) is 0 Å². The van der Waals surface area contributed by atoms with E-state index in [-0.39, 0.29) is 12.4 Å². The highest BCUT2D eigenvalue weighted by Crippen LogP contribution is 2.15. The number of halogens is 2. The molecule has 4 nitrogen and oxygen atoms in total. The van der Waals surface area contributed by atoms with E-state index in [1.807, 2.05) is 0 Å². The maximum atomic E-state index is 11.0. The Morgan fingerprint density at radius 3 is 2.79 bits per heavy atom. The number of hydrogen-bond donors (Lipinski definition) is 1. The molecule has 0 aliphatic carbocycles. The minimum absolute atomic E-state index is 0. The van der Waals surface area contributed by atoms with Crippen LogP contribution in [0.5, 0.6) is 0 Å². The Labute approximate surface area is 96.4 Å². The number of aromatic nitrogens is 1. The van der Waals surface area contributed by atoms with Crippen LogP contribution in [0.2, 0.25) is 0 Å². The molecule has 14 heavy (non-hydrogen) atoms. The summed E-state index contributed by atoms with van der Waals surface area (Å²) in [7, 11) is 1.30. The van der Waals surface area contributed by atoms with Crippen LogP contribution in [0.3, 0.4) is 0 Å². The molecule has 0 saturated heterocycles. The third-order valence-corrected chi connectivity index (χ3v) is 1.97. The molecule has 1 aromatic rings. The fourth-order valence-corrected chi connectivity index (χ4v) is 1.24. The lowest BCUT2D eigenvalue weighted by Crippen LogP contribution is -2.22. The van der Waals surface area contributed by atoms with Crippen molar-refractivity contribution >= 4 is 34.3 Å². The highest BCUT2D eigenvalue weighted by atomic mass is 79.9. The second-order valence-electron chi connectivity index (χ2n) is 2.44. The standard InChI is InChI=1S/C8H9BrN2O2.ClH/c1-13-8(12)7(10)5-2-6(9)4-11-3-5;/h2-4,7H,10H2,1H3;1H. The van der Waals surface area contributed by atoms with E-state index in [4.69, 9.17) is 5.73 Å². The largest absolute Gasteiger partial charge is 0.468 e. The van der Waals surface area contributed by atoms with Crippen LogP contribution in [0.4, 0.5) is 0 Å². The summed E-state index contributed by atoms with van der Waals surface area (Å²) in [5.74, 6) is -0.472. The number of pyridine rings is 1. The van der Waals surface area contributed by atoms with E-state index >= 15 is 0 Å². The minimum atomic E-state index is -0.769. The summed E-state index contributed by atoms with van der Waals surface area (Å²) in [6, 6.07) is 0.962. The number of nitrogens with zero attached hydrogens (tertiary/aromatic N) is 1. The van der Waals surface area contributed by atoms with Crippen LogP contribution in [-0.2, 0) is 9.53 Å². The van der Waals surface area contributed by atoms with E-state index in [9.17, 15) is 4.79 Å². The second kappa shape index (κ2) is 5.95. The number of hydrogen-bond acceptors (Lipinski definition) is 4. The Morgan fingerprint density at radius 1 is 1.64 bits per heavy atom. The molecule has 78 valence electrons. The normalized spacial score (nSPS) is 11.4. The Morgan fingerprint density at radius 2 is 2.29 bits per heavy atom. The van der Waals surface area contributed by atoms with Crippen molar-refractivity contribution in [3.63, 3.8) is 0 Å². The van der Waals surface area contributed by atoms with Crippen molar-refractivity contribution in [2.75, 3.05) is 7.11 Å². The van der Waals surface area contributed by atoms with E-state index in [2.05, 4.69) is 25.7 Å². The molecule has 0 saturated carbocycles. The van der Waals surface area contributed by atoms with Crippen LogP contribution < -0.4 is 5.73 Å². The molecule has 1 rings (SSSR count). The quantitative estimate of drug-likeness (QED) is 0.833. The van der Waals surface area contributed by atoms with Crippen LogP contribution in [-0.4, -0.2) is 18.1 Å². The average molecular weight is 282 g/mol. The SMILES string of the molecule is COC(=O)C(N)c1cncc(Br)c1.Cl. The van der Waals surface area contributed by atoms with Gasteiger partial charge in [-0.3, -0.25) is 9.78 Å². The Balaban J connectivity index is 0.00000169. The molecule has 0 aliphatic rings. The van der Waals surface area contributed by atoms with Crippen LogP contribution in [0.1, 0.15) is 11.6 Å². The summed E-state index contributed by atoms with van der Waals surface area (Å²) in [5, 5.41) is 0. The highest BCUT2D eigenvalue weighted by molar-refractivity contribution is 9.10. The lowest BCUT2D eigenvalue weighted by molar-refractivity contribution is -0.142. The first-order valence-electron chi connectivity index (χ1n) is 3.59. The van der Waals surface area contributed by atoms with E-state index in [1.165, 1.54) is 13.3 Å². The fourth-order valence-electron chi connectivity index (χ4n) is 0.861. The van der Waals surface area contributed by atoms with Crippen LogP contribution in [0.15, 0.2) is 22.9 Å². The number of esters is 1. The maximum absolute atomic E-state index is 11.0. The van der Waals surface area contributed by atoms with Gasteiger partial charge in [-0.15, -0.1) is 12.4 Å². The van der Waals surface area contributed by atoms with Gasteiger partial charge in [0.05, 0.1) is 7.11 Å². The number of methoxy groups -OCH3 is 1. The maximum Gasteiger partial charge on any atom is 0.327 e. The minimum Gasteiger partial charge on any atom is -0.468 e. The van der Waals surface area contributed by atoms with Crippen LogP contribution in [0, 0.1) is 0 Å². The van der Waals surface area contributed by atoms with Gasteiger partial charge in [0.1, 0.15) is 6.04 Å². The van der Waals surface area contributed by atoms with Crippen LogP contribution >= 0.6 is 28.3 Å². The third kappa shape index (κ3) is 3.25. The fraction of sp³-hybridized carbons (Fsp3) is 0.250. The predicted octanol–water partition coefficient (Wildman–Crippen LogP) is 1.44. The van der Waals surface area contributed by atoms with Gasteiger partial charge in [-0.2, -0.15) is 0 Å². The van der Waals surface area contributed by atoms with E-state index in [1.54, 1.807) is 12.3 Å². The molecule has 0 bridgehead atoms. The lowest BCUT2D eigenvalue weighted by atomic mass is 10.1. The molecule has 1 aromatic heterocycles. The topological polar surface area (TPSA) is 65.2 Å².